The molecule has 0 saturated carbocycles. The van der Waals surface area contributed by atoms with Gasteiger partial charge in [-0.1, -0.05) is 49.2 Å². The minimum absolute atomic E-state index is 0.0250. The largest absolute Gasteiger partial charge is 0.354 e. The maximum absolute atomic E-state index is 12.4. The Morgan fingerprint density at radius 3 is 2.56 bits per heavy atom. The summed E-state index contributed by atoms with van der Waals surface area (Å²) in [6.45, 7) is 4.22. The van der Waals surface area contributed by atoms with Crippen LogP contribution < -0.4 is 10.6 Å². The summed E-state index contributed by atoms with van der Waals surface area (Å²) in [7, 11) is 0. The molecule has 0 saturated heterocycles. The highest BCUT2D eigenvalue weighted by Gasteiger charge is 2.24. The summed E-state index contributed by atoms with van der Waals surface area (Å²) >= 11 is 13.4. The summed E-state index contributed by atoms with van der Waals surface area (Å²) in [5.74, 6) is -0.461. The van der Waals surface area contributed by atoms with Gasteiger partial charge in [0.25, 0.3) is 5.91 Å². The fourth-order valence-electron chi connectivity index (χ4n) is 2.31. The molecule has 25 heavy (non-hydrogen) atoms. The van der Waals surface area contributed by atoms with Gasteiger partial charge in [-0.25, -0.2) is 0 Å². The Balaban J connectivity index is 1.90. The first kappa shape index (κ1) is 19.8. The van der Waals surface area contributed by atoms with Crippen molar-refractivity contribution in [2.24, 2.45) is 5.92 Å². The highest BCUT2D eigenvalue weighted by Crippen LogP contribution is 2.21. The summed E-state index contributed by atoms with van der Waals surface area (Å²) in [6, 6.07) is 8.24. The third-order valence-corrected chi connectivity index (χ3v) is 5.14. The van der Waals surface area contributed by atoms with Gasteiger partial charge in [0.15, 0.2) is 0 Å². The second kappa shape index (κ2) is 9.22. The zero-order valence-electron chi connectivity index (χ0n) is 14.0. The van der Waals surface area contributed by atoms with E-state index in [1.165, 1.54) is 11.3 Å². The van der Waals surface area contributed by atoms with Gasteiger partial charge in [-0.15, -0.1) is 11.3 Å². The molecular weight excluding hydrogens is 379 g/mol. The van der Waals surface area contributed by atoms with E-state index in [1.807, 2.05) is 25.3 Å². The lowest BCUT2D eigenvalue weighted by atomic mass is 10.0. The SMILES string of the molecule is CC(C)[C@H](NC(=O)c1cccs1)C(=O)NCCc1ccc(Cl)cc1Cl. The molecule has 0 bridgehead atoms. The molecule has 134 valence electrons. The predicted octanol–water partition coefficient (Wildman–Crippen LogP) is 4.17. The van der Waals surface area contributed by atoms with Crippen LogP contribution >= 0.6 is 34.5 Å². The third-order valence-electron chi connectivity index (χ3n) is 3.69. The average molecular weight is 399 g/mol. The van der Waals surface area contributed by atoms with Crippen LogP contribution in [-0.2, 0) is 11.2 Å². The Hall–Kier alpha value is -1.56. The second-order valence-corrected chi connectivity index (χ2v) is 7.74. The van der Waals surface area contributed by atoms with Gasteiger partial charge in [0.05, 0.1) is 4.88 Å². The zero-order valence-corrected chi connectivity index (χ0v) is 16.3. The third kappa shape index (κ3) is 5.73. The minimum atomic E-state index is -0.588. The fraction of sp³-hybridized carbons (Fsp3) is 0.333. The van der Waals surface area contributed by atoms with Gasteiger partial charge in [-0.2, -0.15) is 0 Å². The second-order valence-electron chi connectivity index (χ2n) is 5.95. The Bertz CT molecular complexity index is 733. The predicted molar refractivity (Wildman–Crippen MR) is 104 cm³/mol. The van der Waals surface area contributed by atoms with Crippen LogP contribution in [0.2, 0.25) is 10.0 Å². The number of hydrogen-bond donors (Lipinski definition) is 2. The van der Waals surface area contributed by atoms with Gasteiger partial charge in [-0.05, 0) is 41.5 Å². The molecular formula is C18H20Cl2N2O2S. The van der Waals surface area contributed by atoms with E-state index in [9.17, 15) is 9.59 Å². The highest BCUT2D eigenvalue weighted by atomic mass is 35.5. The number of carbonyl (C=O) groups is 2. The monoisotopic (exact) mass is 398 g/mol. The van der Waals surface area contributed by atoms with E-state index in [0.29, 0.717) is 27.9 Å². The molecule has 2 rings (SSSR count). The van der Waals surface area contributed by atoms with E-state index in [-0.39, 0.29) is 17.7 Å². The Morgan fingerprint density at radius 2 is 1.96 bits per heavy atom. The summed E-state index contributed by atoms with van der Waals surface area (Å²) in [5, 5.41) is 8.65. The van der Waals surface area contributed by atoms with Gasteiger partial charge in [0.1, 0.15) is 6.04 Å². The first-order valence-corrected chi connectivity index (χ1v) is 9.58. The highest BCUT2D eigenvalue weighted by molar-refractivity contribution is 7.12. The molecule has 0 aliphatic heterocycles. The summed E-state index contributed by atoms with van der Waals surface area (Å²) in [6.07, 6.45) is 0.589. The topological polar surface area (TPSA) is 58.2 Å². The van der Waals surface area contributed by atoms with Crippen molar-refractivity contribution in [3.63, 3.8) is 0 Å². The number of rotatable bonds is 7. The molecule has 2 aromatic rings. The van der Waals surface area contributed by atoms with Gasteiger partial charge in [-0.3, -0.25) is 9.59 Å². The summed E-state index contributed by atoms with van der Waals surface area (Å²) < 4.78 is 0. The molecule has 1 aromatic carbocycles. The van der Waals surface area contributed by atoms with Crippen molar-refractivity contribution >= 4 is 46.4 Å². The van der Waals surface area contributed by atoms with E-state index in [0.717, 1.165) is 5.56 Å². The van der Waals surface area contributed by atoms with Crippen molar-refractivity contribution in [3.05, 3.63) is 56.2 Å². The van der Waals surface area contributed by atoms with Gasteiger partial charge in [0, 0.05) is 16.6 Å². The summed E-state index contributed by atoms with van der Waals surface area (Å²) in [5.41, 5.74) is 0.912. The normalized spacial score (nSPS) is 12.0. The molecule has 0 aliphatic rings. The van der Waals surface area contributed by atoms with Crippen LogP contribution in [0.4, 0.5) is 0 Å². The van der Waals surface area contributed by atoms with E-state index >= 15 is 0 Å². The molecule has 0 fully saturated rings. The zero-order chi connectivity index (χ0) is 18.4. The number of benzene rings is 1. The number of amides is 2. The van der Waals surface area contributed by atoms with E-state index < -0.39 is 6.04 Å². The Labute approximate surface area is 161 Å². The molecule has 1 aromatic heterocycles. The molecule has 1 atom stereocenters. The van der Waals surface area contributed by atoms with E-state index in [2.05, 4.69) is 10.6 Å². The molecule has 0 unspecified atom stereocenters. The van der Waals surface area contributed by atoms with Crippen molar-refractivity contribution in [3.8, 4) is 0 Å². The standard InChI is InChI=1S/C18H20Cl2N2O2S/c1-11(2)16(22-17(23)15-4-3-9-25-15)18(24)21-8-7-12-5-6-13(19)10-14(12)20/h3-6,9-11,16H,7-8H2,1-2H3,(H,21,24)(H,22,23)/t16-/m0/s1. The van der Waals surface area contributed by atoms with Crippen molar-refractivity contribution in [2.45, 2.75) is 26.3 Å². The van der Waals surface area contributed by atoms with Crippen LogP contribution in [0.15, 0.2) is 35.7 Å². The molecule has 0 radical (unpaired) electrons. The lowest BCUT2D eigenvalue weighted by Crippen LogP contribution is -2.49. The van der Waals surface area contributed by atoms with Crippen LogP contribution in [0.5, 0.6) is 0 Å². The molecule has 4 nitrogen and oxygen atoms in total. The van der Waals surface area contributed by atoms with Crippen molar-refractivity contribution < 1.29 is 9.59 Å². The average Bonchev–Trinajstić information content (AvgIpc) is 3.08. The molecule has 0 aliphatic carbocycles. The lowest BCUT2D eigenvalue weighted by molar-refractivity contribution is -0.123. The molecule has 2 N–H and O–H groups in total. The van der Waals surface area contributed by atoms with Crippen LogP contribution in [0.3, 0.4) is 0 Å². The van der Waals surface area contributed by atoms with Gasteiger partial charge in [0.2, 0.25) is 5.91 Å². The number of carbonyl (C=O) groups excluding carboxylic acids is 2. The van der Waals surface area contributed by atoms with Gasteiger partial charge >= 0.3 is 0 Å². The smallest absolute Gasteiger partial charge is 0.262 e. The van der Waals surface area contributed by atoms with E-state index in [4.69, 9.17) is 23.2 Å². The fourth-order valence-corrected chi connectivity index (χ4v) is 3.44. The number of thiophene rings is 1. The Morgan fingerprint density at radius 1 is 1.20 bits per heavy atom. The maximum Gasteiger partial charge on any atom is 0.262 e. The minimum Gasteiger partial charge on any atom is -0.354 e. The number of halogens is 2. The van der Waals surface area contributed by atoms with Crippen LogP contribution in [-0.4, -0.2) is 24.4 Å². The Kier molecular flexibility index (Phi) is 7.29. The van der Waals surface area contributed by atoms with Crippen LogP contribution in [0, 0.1) is 5.92 Å². The van der Waals surface area contributed by atoms with E-state index in [1.54, 1.807) is 24.3 Å². The first-order valence-electron chi connectivity index (χ1n) is 7.94. The van der Waals surface area contributed by atoms with Gasteiger partial charge < -0.3 is 10.6 Å². The summed E-state index contributed by atoms with van der Waals surface area (Å²) in [4.78, 5) is 25.2. The number of hydrogen-bond acceptors (Lipinski definition) is 3. The molecule has 7 heteroatoms. The molecule has 0 spiro atoms. The lowest BCUT2D eigenvalue weighted by Gasteiger charge is -2.21. The molecule has 2 amide bonds. The quantitative estimate of drug-likeness (QED) is 0.734. The van der Waals surface area contributed by atoms with Crippen molar-refractivity contribution in [2.75, 3.05) is 6.54 Å². The van der Waals surface area contributed by atoms with Crippen molar-refractivity contribution in [1.29, 1.82) is 0 Å². The number of nitrogens with one attached hydrogen (secondary N) is 2. The molecule has 1 heterocycles. The van der Waals surface area contributed by atoms with Crippen molar-refractivity contribution in [1.82, 2.24) is 10.6 Å². The van der Waals surface area contributed by atoms with Crippen LogP contribution in [0.1, 0.15) is 29.1 Å². The van der Waals surface area contributed by atoms with Crippen LogP contribution in [0.25, 0.3) is 0 Å². The first-order chi connectivity index (χ1) is 11.9. The maximum atomic E-state index is 12.4.